The Labute approximate surface area is 96.0 Å². The van der Waals surface area contributed by atoms with E-state index in [2.05, 4.69) is 11.9 Å². The number of carbonyl (C=O) groups is 1. The van der Waals surface area contributed by atoms with Crippen molar-refractivity contribution in [2.24, 2.45) is 4.99 Å². The van der Waals surface area contributed by atoms with E-state index >= 15 is 0 Å². The summed E-state index contributed by atoms with van der Waals surface area (Å²) in [5.41, 5.74) is 1.13. The third-order valence-corrected chi connectivity index (χ3v) is 2.69. The van der Waals surface area contributed by atoms with Gasteiger partial charge in [0.05, 0.1) is 11.4 Å². The van der Waals surface area contributed by atoms with Crippen molar-refractivity contribution in [2.45, 2.75) is 45.6 Å². The fraction of sp³-hybridized carbons (Fsp3) is 0.667. The number of rotatable bonds is 5. The van der Waals surface area contributed by atoms with Crippen LogP contribution < -0.4 is 0 Å². The lowest BCUT2D eigenvalue weighted by Gasteiger charge is -2.20. The molecule has 0 spiro atoms. The summed E-state index contributed by atoms with van der Waals surface area (Å²) in [5, 5.41) is 9.70. The molecule has 0 aromatic heterocycles. The number of carbonyl (C=O) groups excluding carboxylic acids is 1. The Morgan fingerprint density at radius 3 is 2.69 bits per heavy atom. The molecule has 4 heteroatoms. The highest BCUT2D eigenvalue weighted by atomic mass is 16.5. The van der Waals surface area contributed by atoms with E-state index in [0.29, 0.717) is 17.8 Å². The molecule has 1 aliphatic heterocycles. The summed E-state index contributed by atoms with van der Waals surface area (Å²) >= 11 is 0. The number of aliphatic hydroxyl groups is 1. The first-order valence-electron chi connectivity index (χ1n) is 5.66. The van der Waals surface area contributed by atoms with Gasteiger partial charge in [-0.15, -0.1) is 0 Å². The number of hydrogen-bond donors (Lipinski definition) is 1. The van der Waals surface area contributed by atoms with Gasteiger partial charge in [-0.25, -0.2) is 0 Å². The maximum atomic E-state index is 11.7. The first-order valence-corrected chi connectivity index (χ1v) is 5.66. The summed E-state index contributed by atoms with van der Waals surface area (Å²) < 4.78 is 4.99. The molecule has 90 valence electrons. The van der Waals surface area contributed by atoms with Gasteiger partial charge in [-0.2, -0.15) is 0 Å². The highest BCUT2D eigenvalue weighted by Crippen LogP contribution is 2.21. The molecule has 0 fully saturated rings. The molecular weight excluding hydrogens is 206 g/mol. The quantitative estimate of drug-likeness (QED) is 0.731. The van der Waals surface area contributed by atoms with E-state index in [0.717, 1.165) is 19.3 Å². The van der Waals surface area contributed by atoms with Crippen molar-refractivity contribution in [1.82, 2.24) is 0 Å². The molecule has 1 aliphatic rings. The highest BCUT2D eigenvalue weighted by Gasteiger charge is 2.30. The number of nitrogens with zero attached hydrogens (tertiary/aromatic N) is 1. The van der Waals surface area contributed by atoms with E-state index in [1.165, 1.54) is 7.11 Å². The zero-order chi connectivity index (χ0) is 12.1. The van der Waals surface area contributed by atoms with Gasteiger partial charge in [0.15, 0.2) is 11.9 Å². The molecule has 1 heterocycles. The van der Waals surface area contributed by atoms with E-state index in [1.807, 2.05) is 0 Å². The monoisotopic (exact) mass is 225 g/mol. The van der Waals surface area contributed by atoms with Crippen LogP contribution in [0.25, 0.3) is 0 Å². The maximum Gasteiger partial charge on any atom is 0.233 e. The van der Waals surface area contributed by atoms with Crippen LogP contribution in [0, 0.1) is 0 Å². The van der Waals surface area contributed by atoms with Crippen molar-refractivity contribution in [1.29, 1.82) is 0 Å². The van der Waals surface area contributed by atoms with Crippen molar-refractivity contribution in [2.75, 3.05) is 7.11 Å². The number of ketones is 1. The number of hydrogen-bond acceptors (Lipinski definition) is 4. The average molecular weight is 225 g/mol. The Morgan fingerprint density at radius 2 is 2.12 bits per heavy atom. The van der Waals surface area contributed by atoms with Gasteiger partial charge in [-0.05, 0) is 19.8 Å². The summed E-state index contributed by atoms with van der Waals surface area (Å²) in [4.78, 5) is 15.9. The van der Waals surface area contributed by atoms with E-state index in [-0.39, 0.29) is 11.5 Å². The number of Topliss-reactive ketones (excluding diaryl/α,β-unsaturated/α-hetero) is 1. The normalized spacial score (nSPS) is 21.3. The molecule has 0 aliphatic carbocycles. The van der Waals surface area contributed by atoms with E-state index < -0.39 is 6.10 Å². The Morgan fingerprint density at radius 1 is 1.44 bits per heavy atom. The number of allylic oxidation sites excluding steroid dienone is 1. The Bertz CT molecular complexity index is 329. The molecule has 1 rings (SSSR count). The van der Waals surface area contributed by atoms with Gasteiger partial charge < -0.3 is 9.84 Å². The van der Waals surface area contributed by atoms with Crippen LogP contribution in [0.5, 0.6) is 0 Å². The lowest BCUT2D eigenvalue weighted by Crippen LogP contribution is -2.35. The second-order valence-electron chi connectivity index (χ2n) is 3.99. The van der Waals surface area contributed by atoms with E-state index in [1.54, 1.807) is 6.92 Å². The zero-order valence-electron chi connectivity index (χ0n) is 10.1. The number of aliphatic imine (C=N–C) groups is 1. The molecule has 0 amide bonds. The minimum atomic E-state index is -0.713. The van der Waals surface area contributed by atoms with Gasteiger partial charge in [-0.1, -0.05) is 19.8 Å². The summed E-state index contributed by atoms with van der Waals surface area (Å²) in [5.74, 6) is -0.602. The van der Waals surface area contributed by atoms with E-state index in [4.69, 9.17) is 4.74 Å². The van der Waals surface area contributed by atoms with Crippen molar-refractivity contribution in [3.8, 4) is 0 Å². The van der Waals surface area contributed by atoms with Crippen molar-refractivity contribution in [3.05, 3.63) is 11.5 Å². The van der Waals surface area contributed by atoms with Crippen molar-refractivity contribution >= 4 is 11.5 Å². The molecular formula is C12H19NO3. The Balaban J connectivity index is 2.77. The van der Waals surface area contributed by atoms with Crippen LogP contribution in [0.3, 0.4) is 0 Å². The summed E-state index contributed by atoms with van der Waals surface area (Å²) in [7, 11) is 1.44. The summed E-state index contributed by atoms with van der Waals surface area (Å²) in [6.45, 7) is 3.86. The fourth-order valence-corrected chi connectivity index (χ4v) is 1.77. The smallest absolute Gasteiger partial charge is 0.233 e. The first kappa shape index (κ1) is 12.9. The van der Waals surface area contributed by atoms with Crippen LogP contribution in [-0.4, -0.2) is 29.8 Å². The van der Waals surface area contributed by atoms with Crippen molar-refractivity contribution < 1.29 is 14.6 Å². The fourth-order valence-electron chi connectivity index (χ4n) is 1.77. The molecule has 1 N–H and O–H groups in total. The van der Waals surface area contributed by atoms with Gasteiger partial charge >= 0.3 is 0 Å². The van der Waals surface area contributed by atoms with Crippen LogP contribution in [0.15, 0.2) is 16.4 Å². The lowest BCUT2D eigenvalue weighted by molar-refractivity contribution is -0.124. The van der Waals surface area contributed by atoms with Crippen LogP contribution >= 0.6 is 0 Å². The third kappa shape index (κ3) is 2.70. The molecule has 4 nitrogen and oxygen atoms in total. The minimum Gasteiger partial charge on any atom is -0.503 e. The summed E-state index contributed by atoms with van der Waals surface area (Å²) in [6, 6.07) is 0. The topological polar surface area (TPSA) is 58.9 Å². The Kier molecular flexibility index (Phi) is 4.68. The minimum absolute atomic E-state index is 0.228. The third-order valence-electron chi connectivity index (χ3n) is 2.69. The molecule has 1 atom stereocenters. The van der Waals surface area contributed by atoms with Crippen LogP contribution in [0.1, 0.15) is 39.5 Å². The summed E-state index contributed by atoms with van der Waals surface area (Å²) in [6.07, 6.45) is 3.06. The Hall–Kier alpha value is -1.16. The largest absolute Gasteiger partial charge is 0.503 e. The molecule has 0 radical (unpaired) electrons. The molecule has 0 saturated carbocycles. The van der Waals surface area contributed by atoms with Crippen LogP contribution in [0.2, 0.25) is 0 Å². The number of ether oxygens (including phenoxy) is 1. The van der Waals surface area contributed by atoms with Gasteiger partial charge in [0.25, 0.3) is 0 Å². The number of unbranched alkanes of at least 4 members (excludes halogenated alkanes) is 2. The maximum absolute atomic E-state index is 11.7. The molecule has 1 unspecified atom stereocenters. The predicted octanol–water partition coefficient (Wildman–Crippen LogP) is 2.39. The number of methoxy groups -OCH3 is 1. The second kappa shape index (κ2) is 5.80. The predicted molar refractivity (Wildman–Crippen MR) is 62.7 cm³/mol. The lowest BCUT2D eigenvalue weighted by atomic mass is 10.0. The van der Waals surface area contributed by atoms with Crippen LogP contribution in [0.4, 0.5) is 0 Å². The standard InChI is InChI=1S/C12H19NO3/c1-4-5-6-7-9-10(14)11(15)12(16-3)8(2)13-9/h12,14H,4-7H2,1-3H3. The van der Waals surface area contributed by atoms with Crippen molar-refractivity contribution in [3.63, 3.8) is 0 Å². The zero-order valence-corrected chi connectivity index (χ0v) is 10.1. The van der Waals surface area contributed by atoms with Gasteiger partial charge in [0.2, 0.25) is 5.78 Å². The highest BCUT2D eigenvalue weighted by molar-refractivity contribution is 6.15. The molecule has 0 aromatic carbocycles. The molecule has 0 bridgehead atoms. The SMILES string of the molecule is CCCCCC1=C(O)C(=O)C(OC)C(C)=N1. The molecule has 0 saturated heterocycles. The van der Waals surface area contributed by atoms with Gasteiger partial charge in [-0.3, -0.25) is 9.79 Å². The van der Waals surface area contributed by atoms with Gasteiger partial charge in [0, 0.05) is 7.11 Å². The number of aliphatic hydroxyl groups excluding tert-OH is 1. The average Bonchev–Trinajstić information content (AvgIpc) is 2.26. The van der Waals surface area contributed by atoms with Crippen LogP contribution in [-0.2, 0) is 9.53 Å². The van der Waals surface area contributed by atoms with E-state index in [9.17, 15) is 9.90 Å². The molecule has 0 aromatic rings. The first-order chi connectivity index (χ1) is 7.61. The second-order valence-corrected chi connectivity index (χ2v) is 3.99. The van der Waals surface area contributed by atoms with Gasteiger partial charge in [0.1, 0.15) is 0 Å². The molecule has 16 heavy (non-hydrogen) atoms.